The number of aliphatic hydroxyl groups excluding tert-OH is 1. The van der Waals surface area contributed by atoms with Crippen LogP contribution in [0, 0.1) is 20.8 Å². The van der Waals surface area contributed by atoms with Crippen molar-refractivity contribution in [1.29, 1.82) is 0 Å². The number of aromatic nitrogens is 1. The molecule has 1 heterocycles. The molecule has 0 fully saturated rings. The smallest absolute Gasteiger partial charge is 0.0685 e. The van der Waals surface area contributed by atoms with Gasteiger partial charge in [0.2, 0.25) is 0 Å². The van der Waals surface area contributed by atoms with Crippen LogP contribution in [0.25, 0.3) is 5.69 Å². The summed E-state index contributed by atoms with van der Waals surface area (Å²) in [6.07, 6.45) is 0. The van der Waals surface area contributed by atoms with E-state index in [1.54, 1.807) is 0 Å². The molecule has 16 heavy (non-hydrogen) atoms. The van der Waals surface area contributed by atoms with Gasteiger partial charge < -0.3 is 9.67 Å². The van der Waals surface area contributed by atoms with Crippen LogP contribution < -0.4 is 0 Å². The van der Waals surface area contributed by atoms with Gasteiger partial charge in [0.25, 0.3) is 0 Å². The SMILES string of the molecule is Cc1c(CO)cccc1-n1c(C)ccc1C. The fourth-order valence-corrected chi connectivity index (χ4v) is 2.13. The predicted octanol–water partition coefficient (Wildman–Crippen LogP) is 2.89. The van der Waals surface area contributed by atoms with Gasteiger partial charge in [0.1, 0.15) is 0 Å². The summed E-state index contributed by atoms with van der Waals surface area (Å²) in [7, 11) is 0. The molecule has 0 saturated heterocycles. The van der Waals surface area contributed by atoms with E-state index in [0.29, 0.717) is 0 Å². The van der Waals surface area contributed by atoms with Crippen LogP contribution in [0.15, 0.2) is 30.3 Å². The van der Waals surface area contributed by atoms with E-state index in [-0.39, 0.29) is 6.61 Å². The Kier molecular flexibility index (Phi) is 2.84. The maximum Gasteiger partial charge on any atom is 0.0685 e. The number of aliphatic hydroxyl groups is 1. The van der Waals surface area contributed by atoms with Crippen molar-refractivity contribution in [2.24, 2.45) is 0 Å². The normalized spacial score (nSPS) is 10.8. The van der Waals surface area contributed by atoms with Crippen LogP contribution in [0.3, 0.4) is 0 Å². The van der Waals surface area contributed by atoms with Gasteiger partial charge in [0.05, 0.1) is 6.61 Å². The minimum absolute atomic E-state index is 0.0963. The molecule has 0 atom stereocenters. The molecule has 0 saturated carbocycles. The van der Waals surface area contributed by atoms with Crippen molar-refractivity contribution in [3.05, 3.63) is 52.8 Å². The number of hydrogen-bond acceptors (Lipinski definition) is 1. The molecule has 84 valence electrons. The molecule has 0 amide bonds. The van der Waals surface area contributed by atoms with Crippen molar-refractivity contribution >= 4 is 0 Å². The Balaban J connectivity index is 2.65. The molecule has 1 aromatic heterocycles. The highest BCUT2D eigenvalue weighted by Crippen LogP contribution is 2.22. The van der Waals surface area contributed by atoms with Gasteiger partial charge in [-0.1, -0.05) is 12.1 Å². The monoisotopic (exact) mass is 215 g/mol. The summed E-state index contributed by atoms with van der Waals surface area (Å²) in [6.45, 7) is 6.34. The molecule has 2 aromatic rings. The Morgan fingerprint density at radius 3 is 2.19 bits per heavy atom. The average molecular weight is 215 g/mol. The second-order valence-corrected chi connectivity index (χ2v) is 4.17. The number of benzene rings is 1. The fraction of sp³-hybridized carbons (Fsp3) is 0.286. The maximum absolute atomic E-state index is 9.27. The standard InChI is InChI=1S/C14H17NO/c1-10-7-8-11(2)15(10)14-6-4-5-13(9-16)12(14)3/h4-8,16H,9H2,1-3H3. The van der Waals surface area contributed by atoms with Gasteiger partial charge in [-0.05, 0) is 50.1 Å². The molecule has 0 radical (unpaired) electrons. The second kappa shape index (κ2) is 4.14. The van der Waals surface area contributed by atoms with E-state index in [0.717, 1.165) is 16.8 Å². The number of nitrogens with zero attached hydrogens (tertiary/aromatic N) is 1. The first-order valence-corrected chi connectivity index (χ1v) is 5.50. The van der Waals surface area contributed by atoms with E-state index < -0.39 is 0 Å². The summed E-state index contributed by atoms with van der Waals surface area (Å²) in [4.78, 5) is 0. The van der Waals surface area contributed by atoms with E-state index in [1.807, 2.05) is 12.1 Å². The Morgan fingerprint density at radius 1 is 1.00 bits per heavy atom. The van der Waals surface area contributed by atoms with Crippen molar-refractivity contribution in [3.8, 4) is 5.69 Å². The number of hydrogen-bond donors (Lipinski definition) is 1. The lowest BCUT2D eigenvalue weighted by Gasteiger charge is -2.14. The lowest BCUT2D eigenvalue weighted by molar-refractivity contribution is 0.281. The van der Waals surface area contributed by atoms with Crippen LogP contribution in [-0.4, -0.2) is 9.67 Å². The second-order valence-electron chi connectivity index (χ2n) is 4.17. The van der Waals surface area contributed by atoms with Gasteiger partial charge in [-0.25, -0.2) is 0 Å². The quantitative estimate of drug-likeness (QED) is 0.818. The third-order valence-corrected chi connectivity index (χ3v) is 3.10. The molecule has 0 bridgehead atoms. The predicted molar refractivity (Wildman–Crippen MR) is 65.9 cm³/mol. The van der Waals surface area contributed by atoms with Crippen LogP contribution >= 0.6 is 0 Å². The number of aryl methyl sites for hydroxylation is 2. The summed E-state index contributed by atoms with van der Waals surface area (Å²) in [5.41, 5.74) is 5.73. The largest absolute Gasteiger partial charge is 0.392 e. The Morgan fingerprint density at radius 2 is 1.62 bits per heavy atom. The Bertz CT molecular complexity index is 492. The Hall–Kier alpha value is -1.54. The zero-order valence-corrected chi connectivity index (χ0v) is 9.99. The Labute approximate surface area is 96.2 Å². The first-order valence-electron chi connectivity index (χ1n) is 5.50. The zero-order valence-electron chi connectivity index (χ0n) is 9.99. The average Bonchev–Trinajstić information content (AvgIpc) is 2.60. The highest BCUT2D eigenvalue weighted by atomic mass is 16.3. The molecule has 2 heteroatoms. The minimum atomic E-state index is 0.0963. The molecule has 0 unspecified atom stereocenters. The van der Waals surface area contributed by atoms with Gasteiger partial charge in [0.15, 0.2) is 0 Å². The van der Waals surface area contributed by atoms with Gasteiger partial charge in [-0.15, -0.1) is 0 Å². The van der Waals surface area contributed by atoms with E-state index >= 15 is 0 Å². The van der Waals surface area contributed by atoms with Gasteiger partial charge in [-0.2, -0.15) is 0 Å². The molecular weight excluding hydrogens is 198 g/mol. The first kappa shape index (κ1) is 11.0. The molecule has 2 nitrogen and oxygen atoms in total. The van der Waals surface area contributed by atoms with Crippen LogP contribution in [0.5, 0.6) is 0 Å². The molecule has 1 N–H and O–H groups in total. The van der Waals surface area contributed by atoms with E-state index in [4.69, 9.17) is 0 Å². The number of rotatable bonds is 2. The molecule has 2 rings (SSSR count). The fourth-order valence-electron chi connectivity index (χ4n) is 2.13. The van der Waals surface area contributed by atoms with Crippen LogP contribution in [0.1, 0.15) is 22.5 Å². The van der Waals surface area contributed by atoms with Gasteiger partial charge >= 0.3 is 0 Å². The van der Waals surface area contributed by atoms with Gasteiger partial charge in [-0.3, -0.25) is 0 Å². The lowest BCUT2D eigenvalue weighted by atomic mass is 10.1. The van der Waals surface area contributed by atoms with E-state index in [2.05, 4.69) is 43.5 Å². The molecule has 0 aliphatic heterocycles. The third kappa shape index (κ3) is 1.65. The summed E-state index contributed by atoms with van der Waals surface area (Å²) in [6, 6.07) is 10.3. The molecule has 0 aliphatic carbocycles. The third-order valence-electron chi connectivity index (χ3n) is 3.10. The van der Waals surface area contributed by atoms with Crippen LogP contribution in [0.4, 0.5) is 0 Å². The van der Waals surface area contributed by atoms with Crippen LogP contribution in [0.2, 0.25) is 0 Å². The van der Waals surface area contributed by atoms with Crippen molar-refractivity contribution in [1.82, 2.24) is 4.57 Å². The molecular formula is C14H17NO. The van der Waals surface area contributed by atoms with Crippen molar-refractivity contribution in [2.75, 3.05) is 0 Å². The first-order chi connectivity index (χ1) is 7.65. The molecule has 0 aliphatic rings. The van der Waals surface area contributed by atoms with E-state index in [9.17, 15) is 5.11 Å². The summed E-state index contributed by atoms with van der Waals surface area (Å²) >= 11 is 0. The maximum atomic E-state index is 9.27. The zero-order chi connectivity index (χ0) is 11.7. The molecule has 0 spiro atoms. The summed E-state index contributed by atoms with van der Waals surface area (Å²) in [5.74, 6) is 0. The topological polar surface area (TPSA) is 25.2 Å². The van der Waals surface area contributed by atoms with Gasteiger partial charge in [0, 0.05) is 17.1 Å². The van der Waals surface area contributed by atoms with Crippen LogP contribution in [-0.2, 0) is 6.61 Å². The van der Waals surface area contributed by atoms with Crippen molar-refractivity contribution < 1.29 is 5.11 Å². The highest BCUT2D eigenvalue weighted by molar-refractivity contribution is 5.47. The van der Waals surface area contributed by atoms with E-state index in [1.165, 1.54) is 11.4 Å². The lowest BCUT2D eigenvalue weighted by Crippen LogP contribution is -2.03. The van der Waals surface area contributed by atoms with Crippen molar-refractivity contribution in [2.45, 2.75) is 27.4 Å². The minimum Gasteiger partial charge on any atom is -0.392 e. The summed E-state index contributed by atoms with van der Waals surface area (Å²) < 4.78 is 2.22. The molecule has 1 aromatic carbocycles. The highest BCUT2D eigenvalue weighted by Gasteiger charge is 2.08. The summed E-state index contributed by atoms with van der Waals surface area (Å²) in [5, 5.41) is 9.27. The van der Waals surface area contributed by atoms with Crippen molar-refractivity contribution in [3.63, 3.8) is 0 Å².